The lowest BCUT2D eigenvalue weighted by Gasteiger charge is -2.09. The van der Waals surface area contributed by atoms with Crippen LogP contribution in [0.5, 0.6) is 11.5 Å². The molecule has 1 heterocycles. The van der Waals surface area contributed by atoms with Crippen molar-refractivity contribution in [1.29, 1.82) is 0 Å². The van der Waals surface area contributed by atoms with Crippen molar-refractivity contribution in [3.63, 3.8) is 0 Å². The number of ketones is 1. The molecule has 8 nitrogen and oxygen atoms in total. The van der Waals surface area contributed by atoms with Crippen LogP contribution in [0.3, 0.4) is 0 Å². The summed E-state index contributed by atoms with van der Waals surface area (Å²) in [4.78, 5) is 36.4. The lowest BCUT2D eigenvalue weighted by atomic mass is 10.1. The number of esters is 1. The molecule has 0 bridgehead atoms. The summed E-state index contributed by atoms with van der Waals surface area (Å²) < 4.78 is 15.3. The number of Topliss-reactive ketones (excluding diaryl/α,β-unsaturated/α-hetero) is 1. The van der Waals surface area contributed by atoms with E-state index in [1.807, 2.05) is 0 Å². The number of rotatable bonds is 6. The molecule has 138 valence electrons. The number of ether oxygens (including phenoxy) is 3. The Kier molecular flexibility index (Phi) is 5.16. The van der Waals surface area contributed by atoms with Crippen LogP contribution < -0.4 is 15.0 Å². The molecule has 0 aliphatic carbocycles. The summed E-state index contributed by atoms with van der Waals surface area (Å²) in [5, 5.41) is 6.66. The summed E-state index contributed by atoms with van der Waals surface area (Å²) >= 11 is 0. The zero-order valence-corrected chi connectivity index (χ0v) is 14.6. The maximum absolute atomic E-state index is 12.3. The molecule has 0 fully saturated rings. The van der Waals surface area contributed by atoms with E-state index in [-0.39, 0.29) is 5.69 Å². The van der Waals surface area contributed by atoms with Crippen molar-refractivity contribution >= 4 is 22.5 Å². The molecule has 1 aromatic heterocycles. The maximum Gasteiger partial charge on any atom is 0.359 e. The first-order valence-electron chi connectivity index (χ1n) is 7.95. The van der Waals surface area contributed by atoms with Crippen molar-refractivity contribution in [2.45, 2.75) is 0 Å². The van der Waals surface area contributed by atoms with E-state index in [0.29, 0.717) is 27.8 Å². The fourth-order valence-corrected chi connectivity index (χ4v) is 2.56. The molecule has 1 N–H and O–H groups in total. The topological polar surface area (TPSA) is 108 Å². The Morgan fingerprint density at radius 1 is 1.00 bits per heavy atom. The highest BCUT2D eigenvalue weighted by molar-refractivity contribution is 6.04. The fraction of sp³-hybridized carbons (Fsp3) is 0.158. The Balaban J connectivity index is 1.77. The van der Waals surface area contributed by atoms with Crippen LogP contribution in [0.25, 0.3) is 10.8 Å². The summed E-state index contributed by atoms with van der Waals surface area (Å²) in [7, 11) is 2.95. The quantitative estimate of drug-likeness (QED) is 0.523. The van der Waals surface area contributed by atoms with Crippen molar-refractivity contribution in [1.82, 2.24) is 10.2 Å². The number of hydrogen-bond donors (Lipinski definition) is 1. The Bertz CT molecular complexity index is 1070. The fourth-order valence-electron chi connectivity index (χ4n) is 2.56. The van der Waals surface area contributed by atoms with Gasteiger partial charge in [-0.2, -0.15) is 5.10 Å². The van der Waals surface area contributed by atoms with Gasteiger partial charge in [-0.1, -0.05) is 18.2 Å². The third kappa shape index (κ3) is 3.64. The lowest BCUT2D eigenvalue weighted by Crippen LogP contribution is -2.19. The summed E-state index contributed by atoms with van der Waals surface area (Å²) in [6.45, 7) is -0.483. The maximum atomic E-state index is 12.3. The molecule has 8 heteroatoms. The number of H-pyrrole nitrogens is 1. The molecule has 0 spiro atoms. The normalized spacial score (nSPS) is 10.4. The highest BCUT2D eigenvalue weighted by Crippen LogP contribution is 2.27. The van der Waals surface area contributed by atoms with Gasteiger partial charge in [-0.25, -0.2) is 9.89 Å². The number of methoxy groups -OCH3 is 2. The molecule has 27 heavy (non-hydrogen) atoms. The summed E-state index contributed by atoms with van der Waals surface area (Å²) in [6.07, 6.45) is 0. The second kappa shape index (κ2) is 7.69. The van der Waals surface area contributed by atoms with Crippen LogP contribution in [0.15, 0.2) is 47.3 Å². The Labute approximate surface area is 153 Å². The zero-order valence-electron chi connectivity index (χ0n) is 14.6. The van der Waals surface area contributed by atoms with Crippen LogP contribution in [-0.2, 0) is 4.74 Å². The number of carbonyl (C=O) groups is 2. The van der Waals surface area contributed by atoms with E-state index in [1.165, 1.54) is 20.3 Å². The number of aromatic amines is 1. The van der Waals surface area contributed by atoms with Gasteiger partial charge in [0.1, 0.15) is 0 Å². The first kappa shape index (κ1) is 18.1. The predicted molar refractivity (Wildman–Crippen MR) is 96.5 cm³/mol. The molecule has 2 aromatic carbocycles. The lowest BCUT2D eigenvalue weighted by molar-refractivity contribution is 0.0470. The van der Waals surface area contributed by atoms with E-state index in [0.717, 1.165) is 0 Å². The molecule has 0 aliphatic heterocycles. The van der Waals surface area contributed by atoms with E-state index in [9.17, 15) is 14.4 Å². The first-order chi connectivity index (χ1) is 13.0. The number of aromatic nitrogens is 2. The van der Waals surface area contributed by atoms with Gasteiger partial charge in [0.05, 0.1) is 19.6 Å². The predicted octanol–water partition coefficient (Wildman–Crippen LogP) is 1.98. The zero-order chi connectivity index (χ0) is 19.4. The van der Waals surface area contributed by atoms with Gasteiger partial charge in [0.25, 0.3) is 5.56 Å². The van der Waals surface area contributed by atoms with Gasteiger partial charge in [-0.3, -0.25) is 9.59 Å². The molecular weight excluding hydrogens is 352 g/mol. The van der Waals surface area contributed by atoms with Gasteiger partial charge in [0, 0.05) is 10.9 Å². The van der Waals surface area contributed by atoms with Crippen molar-refractivity contribution in [3.05, 3.63) is 64.1 Å². The smallest absolute Gasteiger partial charge is 0.359 e. The van der Waals surface area contributed by atoms with Gasteiger partial charge in [0.2, 0.25) is 0 Å². The monoisotopic (exact) mass is 368 g/mol. The van der Waals surface area contributed by atoms with Crippen LogP contribution in [0.2, 0.25) is 0 Å². The minimum atomic E-state index is -0.809. The largest absolute Gasteiger partial charge is 0.493 e. The number of hydrogen-bond acceptors (Lipinski definition) is 7. The highest BCUT2D eigenvalue weighted by atomic mass is 16.5. The molecule has 0 radical (unpaired) electrons. The van der Waals surface area contributed by atoms with Gasteiger partial charge in [-0.15, -0.1) is 0 Å². The van der Waals surface area contributed by atoms with Gasteiger partial charge in [-0.05, 0) is 24.3 Å². The number of fused-ring (bicyclic) bond motifs is 1. The number of nitrogens with one attached hydrogen (secondary N) is 1. The van der Waals surface area contributed by atoms with Gasteiger partial charge < -0.3 is 14.2 Å². The number of benzene rings is 2. The van der Waals surface area contributed by atoms with E-state index in [2.05, 4.69) is 10.2 Å². The summed E-state index contributed by atoms with van der Waals surface area (Å²) in [6, 6.07) is 11.1. The van der Waals surface area contributed by atoms with Gasteiger partial charge in [0.15, 0.2) is 29.6 Å². The van der Waals surface area contributed by atoms with Crippen LogP contribution in [-0.4, -0.2) is 42.8 Å². The van der Waals surface area contributed by atoms with Gasteiger partial charge >= 0.3 is 5.97 Å². The molecule has 0 saturated carbocycles. The highest BCUT2D eigenvalue weighted by Gasteiger charge is 2.18. The second-order valence-electron chi connectivity index (χ2n) is 5.52. The van der Waals surface area contributed by atoms with Crippen LogP contribution in [0.4, 0.5) is 0 Å². The number of nitrogens with zero attached hydrogens (tertiary/aromatic N) is 1. The average Bonchev–Trinajstić information content (AvgIpc) is 2.71. The molecule has 0 atom stereocenters. The van der Waals surface area contributed by atoms with Crippen LogP contribution in [0, 0.1) is 0 Å². The molecule has 0 unspecified atom stereocenters. The molecule has 0 saturated heterocycles. The van der Waals surface area contributed by atoms with Crippen LogP contribution in [0.1, 0.15) is 20.8 Å². The molecule has 0 aliphatic rings. The standard InChI is InChI=1S/C19H16N2O6/c1-25-15-8-7-11(9-16(15)26-2)14(22)10-27-19(24)17-12-5-3-4-6-13(12)18(23)21-20-17/h3-9H,10H2,1-2H3,(H,21,23). The van der Waals surface area contributed by atoms with Crippen LogP contribution >= 0.6 is 0 Å². The van der Waals surface area contributed by atoms with Crippen molar-refractivity contribution in [2.75, 3.05) is 20.8 Å². The van der Waals surface area contributed by atoms with E-state index >= 15 is 0 Å². The Morgan fingerprint density at radius 3 is 2.41 bits per heavy atom. The average molecular weight is 368 g/mol. The minimum Gasteiger partial charge on any atom is -0.493 e. The minimum absolute atomic E-state index is 0.0645. The first-order valence-corrected chi connectivity index (χ1v) is 7.95. The molecule has 3 aromatic rings. The van der Waals surface area contributed by atoms with E-state index in [4.69, 9.17) is 14.2 Å². The van der Waals surface area contributed by atoms with Crippen molar-refractivity contribution in [3.8, 4) is 11.5 Å². The third-order valence-corrected chi connectivity index (χ3v) is 3.93. The number of carbonyl (C=O) groups excluding carboxylic acids is 2. The van der Waals surface area contributed by atoms with Crippen molar-refractivity contribution < 1.29 is 23.8 Å². The SMILES string of the molecule is COc1ccc(C(=O)COC(=O)c2n[nH]c(=O)c3ccccc23)cc1OC. The van der Waals surface area contributed by atoms with E-state index in [1.54, 1.807) is 36.4 Å². The molecular formula is C19H16N2O6. The Hall–Kier alpha value is -3.68. The Morgan fingerprint density at radius 2 is 1.70 bits per heavy atom. The molecule has 0 amide bonds. The third-order valence-electron chi connectivity index (χ3n) is 3.93. The second-order valence-corrected chi connectivity index (χ2v) is 5.52. The summed E-state index contributed by atoms with van der Waals surface area (Å²) in [5.41, 5.74) is -0.173. The summed E-state index contributed by atoms with van der Waals surface area (Å²) in [5.74, 6) is -0.354. The molecule has 3 rings (SSSR count). The van der Waals surface area contributed by atoms with E-state index < -0.39 is 23.9 Å². The van der Waals surface area contributed by atoms with Crippen molar-refractivity contribution in [2.24, 2.45) is 0 Å².